The minimum absolute atomic E-state index is 0.0308. The molecule has 3 atom stereocenters. The highest BCUT2D eigenvalue weighted by atomic mass is 16.5. The van der Waals surface area contributed by atoms with Crippen LogP contribution in [-0.4, -0.2) is 46.0 Å². The Hall–Kier alpha value is -1.92. The van der Waals surface area contributed by atoms with E-state index in [-0.39, 0.29) is 41.0 Å². The first-order valence-electron chi connectivity index (χ1n) is 9.13. The fourth-order valence-electron chi connectivity index (χ4n) is 4.21. The number of nitrogens with one attached hydrogen (secondary N) is 1. The van der Waals surface area contributed by atoms with E-state index in [1.807, 2.05) is 32.6 Å². The van der Waals surface area contributed by atoms with Crippen LogP contribution in [0.25, 0.3) is 0 Å². The zero-order chi connectivity index (χ0) is 18.4. The van der Waals surface area contributed by atoms with Crippen LogP contribution in [0.2, 0.25) is 0 Å². The van der Waals surface area contributed by atoms with Crippen LogP contribution >= 0.6 is 0 Å². The van der Waals surface area contributed by atoms with Gasteiger partial charge in [0, 0.05) is 31.0 Å². The number of fused-ring (bicyclic) bond motifs is 1. The van der Waals surface area contributed by atoms with E-state index in [9.17, 15) is 9.59 Å². The summed E-state index contributed by atoms with van der Waals surface area (Å²) >= 11 is 0. The molecule has 7 nitrogen and oxygen atoms in total. The van der Waals surface area contributed by atoms with E-state index in [0.29, 0.717) is 24.8 Å². The molecule has 1 aromatic rings. The summed E-state index contributed by atoms with van der Waals surface area (Å²) in [6.45, 7) is 10.7. The Kier molecular flexibility index (Phi) is 4.60. The molecule has 1 N–H and O–H groups in total. The van der Waals surface area contributed by atoms with Crippen LogP contribution in [-0.2, 0) is 15.0 Å². The smallest absolute Gasteiger partial charge is 0.235 e. The number of hydrogen-bond donors (Lipinski definition) is 1. The van der Waals surface area contributed by atoms with Crippen LogP contribution in [0, 0.1) is 24.7 Å². The van der Waals surface area contributed by atoms with E-state index >= 15 is 0 Å². The maximum atomic E-state index is 12.5. The molecule has 7 heteroatoms. The lowest BCUT2D eigenvalue weighted by Gasteiger charge is -2.26. The number of carbonyl (C=O) groups excluding carboxylic acids is 2. The molecule has 2 amide bonds. The highest BCUT2D eigenvalue weighted by molar-refractivity contribution is 5.79. The molecule has 0 radical (unpaired) electrons. The van der Waals surface area contributed by atoms with E-state index in [0.717, 1.165) is 12.8 Å². The second-order valence-electron chi connectivity index (χ2n) is 8.17. The third kappa shape index (κ3) is 3.16. The van der Waals surface area contributed by atoms with Crippen LogP contribution in [0.3, 0.4) is 0 Å². The van der Waals surface area contributed by atoms with Crippen LogP contribution in [0.15, 0.2) is 4.52 Å². The summed E-state index contributed by atoms with van der Waals surface area (Å²) in [4.78, 5) is 31.0. The molecule has 2 aliphatic rings. The molecular formula is C18H28N4O3. The van der Waals surface area contributed by atoms with Crippen molar-refractivity contribution in [1.82, 2.24) is 20.4 Å². The van der Waals surface area contributed by atoms with Gasteiger partial charge in [0.15, 0.2) is 5.82 Å². The van der Waals surface area contributed by atoms with Crippen LogP contribution in [0.1, 0.15) is 52.3 Å². The summed E-state index contributed by atoms with van der Waals surface area (Å²) in [5.74, 6) is 1.59. The van der Waals surface area contributed by atoms with Gasteiger partial charge in [-0.3, -0.25) is 9.59 Å². The molecule has 1 aliphatic carbocycles. The first-order valence-corrected chi connectivity index (χ1v) is 9.13. The Labute approximate surface area is 148 Å². The lowest BCUT2D eigenvalue weighted by atomic mass is 9.80. The first kappa shape index (κ1) is 17.9. The van der Waals surface area contributed by atoms with Crippen molar-refractivity contribution in [3.8, 4) is 0 Å². The molecule has 0 aromatic carbocycles. The van der Waals surface area contributed by atoms with E-state index in [1.54, 1.807) is 6.92 Å². The lowest BCUT2D eigenvalue weighted by Crippen LogP contribution is -2.41. The lowest BCUT2D eigenvalue weighted by molar-refractivity contribution is -0.134. The quantitative estimate of drug-likeness (QED) is 0.894. The summed E-state index contributed by atoms with van der Waals surface area (Å²) < 4.78 is 5.53. The Morgan fingerprint density at radius 3 is 2.56 bits per heavy atom. The number of nitrogens with zero attached hydrogens (tertiary/aromatic N) is 3. The van der Waals surface area contributed by atoms with E-state index in [4.69, 9.17) is 4.52 Å². The van der Waals surface area contributed by atoms with Gasteiger partial charge >= 0.3 is 0 Å². The summed E-state index contributed by atoms with van der Waals surface area (Å²) in [6.07, 6.45) is 1.57. The van der Waals surface area contributed by atoms with Crippen molar-refractivity contribution in [2.45, 2.75) is 58.9 Å². The molecule has 1 saturated carbocycles. The van der Waals surface area contributed by atoms with Gasteiger partial charge in [0.25, 0.3) is 0 Å². The van der Waals surface area contributed by atoms with Gasteiger partial charge in [-0.1, -0.05) is 32.9 Å². The number of likely N-dealkylation sites (tertiary alicyclic amines) is 1. The molecule has 1 unspecified atom stereocenters. The van der Waals surface area contributed by atoms with Gasteiger partial charge in [0.1, 0.15) is 0 Å². The second kappa shape index (κ2) is 6.42. The molecule has 25 heavy (non-hydrogen) atoms. The van der Waals surface area contributed by atoms with E-state index < -0.39 is 0 Å². The predicted octanol–water partition coefficient (Wildman–Crippen LogP) is 1.66. The van der Waals surface area contributed by atoms with Crippen molar-refractivity contribution in [2.75, 3.05) is 13.1 Å². The number of hydrogen-bond acceptors (Lipinski definition) is 5. The molecule has 1 saturated heterocycles. The third-order valence-corrected chi connectivity index (χ3v) is 5.50. The first-order chi connectivity index (χ1) is 11.7. The fraction of sp³-hybridized carbons (Fsp3) is 0.778. The number of aryl methyl sites for hydroxylation is 1. The average molecular weight is 348 g/mol. The van der Waals surface area contributed by atoms with E-state index in [1.165, 1.54) is 0 Å². The van der Waals surface area contributed by atoms with Crippen LogP contribution in [0.5, 0.6) is 0 Å². The zero-order valence-electron chi connectivity index (χ0n) is 15.7. The average Bonchev–Trinajstić information content (AvgIpc) is 3.18. The second-order valence-corrected chi connectivity index (χ2v) is 8.17. The monoisotopic (exact) mass is 348 g/mol. The van der Waals surface area contributed by atoms with Gasteiger partial charge in [-0.2, -0.15) is 4.98 Å². The fourth-order valence-corrected chi connectivity index (χ4v) is 4.21. The third-order valence-electron chi connectivity index (χ3n) is 5.50. The number of rotatable bonds is 4. The standard InChI is InChI=1S/C18H28N4O3/c1-10(2)15(23)20-14-6-13-8-22(16(24)11(3)4)9-18(13,7-14)17-19-12(5)21-25-17/h10-11,13-14H,6-9H2,1-5H3,(H,20,23)/t13?,14-,18+/m1/s1. The van der Waals surface area contributed by atoms with Crippen LogP contribution in [0.4, 0.5) is 0 Å². The Balaban J connectivity index is 1.85. The van der Waals surface area contributed by atoms with Gasteiger partial charge in [-0.15, -0.1) is 0 Å². The molecule has 1 aromatic heterocycles. The topological polar surface area (TPSA) is 88.3 Å². The SMILES string of the molecule is Cc1noc([C@]23C[C@H](NC(=O)C(C)C)CC2CN(C(=O)C(C)C)C3)n1. The maximum absolute atomic E-state index is 12.5. The van der Waals surface area contributed by atoms with Gasteiger partial charge in [0.2, 0.25) is 17.7 Å². The molecule has 2 heterocycles. The zero-order valence-corrected chi connectivity index (χ0v) is 15.7. The number of amides is 2. The minimum atomic E-state index is -0.346. The normalized spacial score (nSPS) is 28.7. The Morgan fingerprint density at radius 2 is 2.00 bits per heavy atom. The maximum Gasteiger partial charge on any atom is 0.235 e. The summed E-state index contributed by atoms with van der Waals surface area (Å²) in [5.41, 5.74) is -0.346. The Morgan fingerprint density at radius 1 is 1.28 bits per heavy atom. The van der Waals surface area contributed by atoms with Crippen molar-refractivity contribution < 1.29 is 14.1 Å². The largest absolute Gasteiger partial charge is 0.353 e. The summed E-state index contributed by atoms with van der Waals surface area (Å²) in [5, 5.41) is 7.10. The minimum Gasteiger partial charge on any atom is -0.353 e. The van der Waals surface area contributed by atoms with Gasteiger partial charge < -0.3 is 14.7 Å². The number of aromatic nitrogens is 2. The van der Waals surface area contributed by atoms with Crippen molar-refractivity contribution in [2.24, 2.45) is 17.8 Å². The van der Waals surface area contributed by atoms with Crippen molar-refractivity contribution >= 4 is 11.8 Å². The van der Waals surface area contributed by atoms with E-state index in [2.05, 4.69) is 15.5 Å². The Bertz CT molecular complexity index is 669. The molecule has 3 rings (SSSR count). The summed E-state index contributed by atoms with van der Waals surface area (Å²) in [6, 6.07) is 0.0865. The van der Waals surface area contributed by atoms with Gasteiger partial charge in [-0.05, 0) is 25.7 Å². The molecule has 0 bridgehead atoms. The number of carbonyl (C=O) groups is 2. The van der Waals surface area contributed by atoms with Gasteiger partial charge in [-0.25, -0.2) is 0 Å². The molecule has 1 aliphatic heterocycles. The van der Waals surface area contributed by atoms with Gasteiger partial charge in [0.05, 0.1) is 5.41 Å². The predicted molar refractivity (Wildman–Crippen MR) is 91.6 cm³/mol. The highest BCUT2D eigenvalue weighted by Gasteiger charge is 2.58. The summed E-state index contributed by atoms with van der Waals surface area (Å²) in [7, 11) is 0. The molecule has 2 fully saturated rings. The van der Waals surface area contributed by atoms with Crippen molar-refractivity contribution in [3.63, 3.8) is 0 Å². The molecule has 0 spiro atoms. The molecular weight excluding hydrogens is 320 g/mol. The van der Waals surface area contributed by atoms with Crippen LogP contribution < -0.4 is 5.32 Å². The molecule has 138 valence electrons. The van der Waals surface area contributed by atoms with Crippen molar-refractivity contribution in [1.29, 1.82) is 0 Å². The van der Waals surface area contributed by atoms with Crippen molar-refractivity contribution in [3.05, 3.63) is 11.7 Å². The highest BCUT2D eigenvalue weighted by Crippen LogP contribution is 2.50.